The number of ether oxygens (including phenoxy) is 2. The minimum Gasteiger partial charge on any atom is -0.493 e. The van der Waals surface area contributed by atoms with Crippen LogP contribution in [0.5, 0.6) is 11.5 Å². The number of hydrogen-bond donors (Lipinski definition) is 1. The molecule has 232 valence electrons. The number of carbonyl (C=O) groups is 2. The van der Waals surface area contributed by atoms with Crippen molar-refractivity contribution in [1.82, 2.24) is 10.2 Å². The number of carbonyl (C=O) groups excluding carboxylic acids is 2. The lowest BCUT2D eigenvalue weighted by Gasteiger charge is -2.34. The maximum atomic E-state index is 14.1. The van der Waals surface area contributed by atoms with E-state index in [2.05, 4.69) is 5.32 Å². The molecule has 0 heterocycles. The van der Waals surface area contributed by atoms with Gasteiger partial charge in [-0.15, -0.1) is 0 Å². The summed E-state index contributed by atoms with van der Waals surface area (Å²) in [7, 11) is -1.56. The Morgan fingerprint density at radius 1 is 0.930 bits per heavy atom. The van der Waals surface area contributed by atoms with Gasteiger partial charge in [-0.05, 0) is 75.6 Å². The summed E-state index contributed by atoms with van der Waals surface area (Å²) >= 11 is 0. The normalized spacial score (nSPS) is 12.3. The van der Waals surface area contributed by atoms with Crippen molar-refractivity contribution in [2.75, 3.05) is 31.6 Å². The van der Waals surface area contributed by atoms with Gasteiger partial charge < -0.3 is 19.7 Å². The Morgan fingerprint density at radius 3 is 2.12 bits per heavy atom. The summed E-state index contributed by atoms with van der Waals surface area (Å²) in [6.07, 6.45) is 0.756. The molecule has 43 heavy (non-hydrogen) atoms. The third-order valence-corrected chi connectivity index (χ3v) is 8.47. The van der Waals surface area contributed by atoms with Gasteiger partial charge in [-0.3, -0.25) is 13.9 Å². The Morgan fingerprint density at radius 2 is 1.56 bits per heavy atom. The lowest BCUT2D eigenvalue weighted by molar-refractivity contribution is -0.140. The maximum absolute atomic E-state index is 14.1. The van der Waals surface area contributed by atoms with Gasteiger partial charge in [-0.2, -0.15) is 0 Å². The van der Waals surface area contributed by atoms with E-state index in [1.165, 1.54) is 49.5 Å². The largest absolute Gasteiger partial charge is 0.493 e. The van der Waals surface area contributed by atoms with Crippen LogP contribution in [0, 0.1) is 5.82 Å². The third kappa shape index (κ3) is 8.70. The monoisotopic (exact) mass is 613 g/mol. The molecule has 0 radical (unpaired) electrons. The Balaban J connectivity index is 2.06. The fourth-order valence-corrected chi connectivity index (χ4v) is 6.02. The summed E-state index contributed by atoms with van der Waals surface area (Å²) in [6, 6.07) is 17.6. The topological polar surface area (TPSA) is 105 Å². The molecule has 0 saturated heterocycles. The molecule has 0 unspecified atom stereocenters. The first-order valence-electron chi connectivity index (χ1n) is 14.0. The lowest BCUT2D eigenvalue weighted by atomic mass is 10.1. The van der Waals surface area contributed by atoms with E-state index in [1.807, 2.05) is 51.1 Å². The first-order chi connectivity index (χ1) is 20.3. The van der Waals surface area contributed by atoms with Crippen molar-refractivity contribution in [2.24, 2.45) is 0 Å². The molecule has 0 aromatic heterocycles. The van der Waals surface area contributed by atoms with Crippen molar-refractivity contribution in [1.29, 1.82) is 0 Å². The summed E-state index contributed by atoms with van der Waals surface area (Å²) in [6.45, 7) is 6.88. The molecule has 1 N–H and O–H groups in total. The number of nitrogens with one attached hydrogen (secondary N) is 1. The van der Waals surface area contributed by atoms with Crippen LogP contribution in [0.4, 0.5) is 10.1 Å². The molecule has 0 saturated carbocycles. The zero-order valence-electron chi connectivity index (χ0n) is 25.5. The average molecular weight is 614 g/mol. The number of nitrogens with zero attached hydrogens (tertiary/aromatic N) is 2. The van der Waals surface area contributed by atoms with Gasteiger partial charge in [0.05, 0.1) is 24.8 Å². The second kappa shape index (κ2) is 14.4. The molecule has 0 aliphatic carbocycles. The Hall–Kier alpha value is -4.12. The number of amides is 2. The van der Waals surface area contributed by atoms with E-state index in [1.54, 1.807) is 6.92 Å². The van der Waals surface area contributed by atoms with E-state index >= 15 is 0 Å². The van der Waals surface area contributed by atoms with E-state index in [0.717, 1.165) is 22.0 Å². The fraction of sp³-hybridized carbons (Fsp3) is 0.375. The zero-order chi connectivity index (χ0) is 31.8. The van der Waals surface area contributed by atoms with Crippen molar-refractivity contribution >= 4 is 27.5 Å². The van der Waals surface area contributed by atoms with E-state index in [-0.39, 0.29) is 28.8 Å². The lowest BCUT2D eigenvalue weighted by Crippen LogP contribution is -2.56. The molecule has 11 heteroatoms. The molecule has 3 aromatic carbocycles. The highest BCUT2D eigenvalue weighted by Crippen LogP contribution is 2.32. The first kappa shape index (κ1) is 33.4. The SMILES string of the molecule is CC[C@H](C(=O)NC(C)(C)C)N(CCc1ccccc1)C(=O)CN(c1ccc(F)cc1)S(=O)(=O)c1ccc(OC)c(OC)c1. The van der Waals surface area contributed by atoms with Crippen molar-refractivity contribution in [3.63, 3.8) is 0 Å². The van der Waals surface area contributed by atoms with Gasteiger partial charge in [0.2, 0.25) is 11.8 Å². The van der Waals surface area contributed by atoms with E-state index in [0.29, 0.717) is 18.6 Å². The number of sulfonamides is 1. The number of hydrogen-bond acceptors (Lipinski definition) is 6. The molecule has 3 aromatic rings. The van der Waals surface area contributed by atoms with Gasteiger partial charge in [0, 0.05) is 18.2 Å². The van der Waals surface area contributed by atoms with Gasteiger partial charge in [-0.1, -0.05) is 37.3 Å². The second-order valence-corrected chi connectivity index (χ2v) is 12.9. The predicted molar refractivity (Wildman–Crippen MR) is 164 cm³/mol. The second-order valence-electron chi connectivity index (χ2n) is 11.0. The summed E-state index contributed by atoms with van der Waals surface area (Å²) in [4.78, 5) is 28.8. The molecule has 0 aliphatic rings. The van der Waals surface area contributed by atoms with Crippen molar-refractivity contribution in [3.8, 4) is 11.5 Å². The molecular weight excluding hydrogens is 573 g/mol. The quantitative estimate of drug-likeness (QED) is 0.297. The van der Waals surface area contributed by atoms with Gasteiger partial charge in [-0.25, -0.2) is 12.8 Å². The van der Waals surface area contributed by atoms with E-state index in [9.17, 15) is 22.4 Å². The molecule has 3 rings (SSSR count). The molecule has 1 atom stereocenters. The molecule has 9 nitrogen and oxygen atoms in total. The maximum Gasteiger partial charge on any atom is 0.264 e. The number of benzene rings is 3. The van der Waals surface area contributed by atoms with Gasteiger partial charge >= 0.3 is 0 Å². The molecule has 0 fully saturated rings. The Bertz CT molecular complexity index is 1490. The van der Waals surface area contributed by atoms with E-state index < -0.39 is 39.9 Å². The first-order valence-corrected chi connectivity index (χ1v) is 15.4. The van der Waals surface area contributed by atoms with E-state index in [4.69, 9.17) is 9.47 Å². The van der Waals surface area contributed by atoms with Crippen LogP contribution in [0.25, 0.3) is 0 Å². The standard InChI is InChI=1S/C32H40FN3O6S/c1-7-27(31(38)34-32(2,3)4)35(20-19-23-11-9-8-10-12-23)30(37)22-36(25-15-13-24(33)14-16-25)43(39,40)26-17-18-28(41-5)29(21-26)42-6/h8-18,21,27H,7,19-20,22H2,1-6H3,(H,34,38)/t27-/m1/s1. The summed E-state index contributed by atoms with van der Waals surface area (Å²) in [5, 5.41) is 2.94. The Labute approximate surface area is 253 Å². The number of methoxy groups -OCH3 is 2. The smallest absolute Gasteiger partial charge is 0.264 e. The van der Waals surface area contributed by atoms with Gasteiger partial charge in [0.25, 0.3) is 10.0 Å². The summed E-state index contributed by atoms with van der Waals surface area (Å²) in [5.74, 6) is -0.974. The predicted octanol–water partition coefficient (Wildman–Crippen LogP) is 4.80. The van der Waals surface area contributed by atoms with Crippen LogP contribution in [0.3, 0.4) is 0 Å². The summed E-state index contributed by atoms with van der Waals surface area (Å²) < 4.78 is 53.5. The summed E-state index contributed by atoms with van der Waals surface area (Å²) in [5.41, 5.74) is 0.495. The van der Waals surface area contributed by atoms with Crippen LogP contribution >= 0.6 is 0 Å². The number of halogens is 1. The minimum atomic E-state index is -4.37. The van der Waals surface area contributed by atoms with Gasteiger partial charge in [0.1, 0.15) is 18.4 Å². The average Bonchev–Trinajstić information content (AvgIpc) is 2.97. The van der Waals surface area contributed by atoms with Crippen molar-refractivity contribution in [3.05, 3.63) is 84.2 Å². The highest BCUT2D eigenvalue weighted by molar-refractivity contribution is 7.92. The minimum absolute atomic E-state index is 0.0831. The fourth-order valence-electron chi connectivity index (χ4n) is 4.59. The van der Waals surface area contributed by atoms with Crippen molar-refractivity contribution < 1.29 is 31.9 Å². The number of rotatable bonds is 13. The van der Waals surface area contributed by atoms with Crippen LogP contribution in [-0.4, -0.2) is 64.0 Å². The molecule has 0 aliphatic heterocycles. The highest BCUT2D eigenvalue weighted by Gasteiger charge is 2.34. The van der Waals surface area contributed by atoms with Crippen LogP contribution in [0.1, 0.15) is 39.7 Å². The number of anilines is 1. The molecule has 2 amide bonds. The Kier molecular flexibility index (Phi) is 11.2. The molecule has 0 bridgehead atoms. The van der Waals surface area contributed by atoms with Crippen LogP contribution in [-0.2, 0) is 26.0 Å². The third-order valence-electron chi connectivity index (χ3n) is 6.70. The van der Waals surface area contributed by atoms with Gasteiger partial charge in [0.15, 0.2) is 11.5 Å². The van der Waals surface area contributed by atoms with Crippen molar-refractivity contribution in [2.45, 2.75) is 57.0 Å². The van der Waals surface area contributed by atoms with Crippen LogP contribution < -0.4 is 19.1 Å². The molecule has 0 spiro atoms. The molecular formula is C32H40FN3O6S. The van der Waals surface area contributed by atoms with Crippen LogP contribution in [0.2, 0.25) is 0 Å². The zero-order valence-corrected chi connectivity index (χ0v) is 26.3. The van der Waals surface area contributed by atoms with Crippen LogP contribution in [0.15, 0.2) is 77.7 Å². The highest BCUT2D eigenvalue weighted by atomic mass is 32.2.